The molecule has 5 heteroatoms. The van der Waals surface area contributed by atoms with Gasteiger partial charge in [0.1, 0.15) is 0 Å². The number of hydrogen-bond donors (Lipinski definition) is 3. The summed E-state index contributed by atoms with van der Waals surface area (Å²) < 4.78 is 6.16. The van der Waals surface area contributed by atoms with Crippen molar-refractivity contribution >= 4 is 0 Å². The summed E-state index contributed by atoms with van der Waals surface area (Å²) in [6.07, 6.45) is 11.1. The average molecular weight is 382 g/mol. The number of nitrogens with zero attached hydrogens (tertiary/aromatic N) is 1. The van der Waals surface area contributed by atoms with Gasteiger partial charge in [0.2, 0.25) is 0 Å². The van der Waals surface area contributed by atoms with Crippen LogP contribution >= 0.6 is 0 Å². The molecule has 5 nitrogen and oxygen atoms in total. The Bertz CT molecular complexity index is 450. The molecule has 5 rings (SSSR count). The Labute approximate surface area is 164 Å². The van der Waals surface area contributed by atoms with E-state index in [1.807, 2.05) is 0 Å². The van der Waals surface area contributed by atoms with Gasteiger partial charge in [0.25, 0.3) is 0 Å². The predicted octanol–water partition coefficient (Wildman–Crippen LogP) is 2.18. The minimum absolute atomic E-state index is 0.0909. The highest BCUT2D eigenvalue weighted by molar-refractivity contribution is 5.01. The second kappa shape index (κ2) is 8.66. The Morgan fingerprint density at radius 3 is 2.22 bits per heavy atom. The van der Waals surface area contributed by atoms with Gasteiger partial charge in [0.05, 0.1) is 31.5 Å². The highest BCUT2D eigenvalue weighted by Gasteiger charge is 2.50. The summed E-state index contributed by atoms with van der Waals surface area (Å²) >= 11 is 0. The Kier molecular flexibility index (Phi) is 6.44. The van der Waals surface area contributed by atoms with Crippen molar-refractivity contribution in [3.05, 3.63) is 0 Å². The standard InChI is InChI=1S/C22H39NO4/c24-14-19-21(26)20(25)4-6-23(19)5-2-1-3-7-27-15-22-11-16-8-17(12-22)10-18(9-16)13-22/h16-21,24-26H,1-15H2/t16?,17?,18?,19-,20+,21+,22?/m0/s1. The molecular formula is C22H39NO4. The summed E-state index contributed by atoms with van der Waals surface area (Å²) in [7, 11) is 0. The van der Waals surface area contributed by atoms with E-state index in [9.17, 15) is 15.3 Å². The molecule has 0 radical (unpaired) electrons. The molecule has 1 saturated heterocycles. The number of rotatable bonds is 9. The molecule has 0 aromatic carbocycles. The van der Waals surface area contributed by atoms with E-state index in [1.165, 1.54) is 38.5 Å². The van der Waals surface area contributed by atoms with Crippen LogP contribution < -0.4 is 0 Å². The third-order valence-corrected chi connectivity index (χ3v) is 7.96. The lowest BCUT2D eigenvalue weighted by atomic mass is 9.50. The topological polar surface area (TPSA) is 73.2 Å². The molecule has 5 fully saturated rings. The summed E-state index contributed by atoms with van der Waals surface area (Å²) in [5.41, 5.74) is 0.522. The lowest BCUT2D eigenvalue weighted by Crippen LogP contribution is -2.56. The fraction of sp³-hybridized carbons (Fsp3) is 1.00. The first-order chi connectivity index (χ1) is 13.1. The molecule has 1 heterocycles. The molecule has 0 spiro atoms. The number of aliphatic hydroxyl groups is 3. The zero-order valence-electron chi connectivity index (χ0n) is 16.8. The van der Waals surface area contributed by atoms with E-state index in [2.05, 4.69) is 4.90 Å². The molecule has 4 aliphatic carbocycles. The fourth-order valence-electron chi connectivity index (χ4n) is 7.06. The molecule has 4 bridgehead atoms. The van der Waals surface area contributed by atoms with Crippen LogP contribution in [0.3, 0.4) is 0 Å². The molecule has 3 N–H and O–H groups in total. The number of likely N-dealkylation sites (tertiary alicyclic amines) is 1. The molecule has 27 heavy (non-hydrogen) atoms. The molecule has 3 atom stereocenters. The monoisotopic (exact) mass is 381 g/mol. The van der Waals surface area contributed by atoms with Crippen LogP contribution in [0.2, 0.25) is 0 Å². The van der Waals surface area contributed by atoms with Crippen molar-refractivity contribution < 1.29 is 20.1 Å². The van der Waals surface area contributed by atoms with Crippen LogP contribution in [0.25, 0.3) is 0 Å². The van der Waals surface area contributed by atoms with Crippen LogP contribution in [0.1, 0.15) is 64.2 Å². The SMILES string of the molecule is OC[C@H]1[C@@H](O)[C@H](O)CCN1CCCCCOCC12CC3CC(CC(C3)C1)C2. The molecule has 4 saturated carbocycles. The lowest BCUT2D eigenvalue weighted by molar-refractivity contribution is -0.0970. The fourth-order valence-corrected chi connectivity index (χ4v) is 7.06. The van der Waals surface area contributed by atoms with Gasteiger partial charge >= 0.3 is 0 Å². The first-order valence-electron chi connectivity index (χ1n) is 11.4. The van der Waals surface area contributed by atoms with Crippen LogP contribution in [0.5, 0.6) is 0 Å². The Morgan fingerprint density at radius 1 is 0.926 bits per heavy atom. The summed E-state index contributed by atoms with van der Waals surface area (Å²) in [4.78, 5) is 2.13. The maximum absolute atomic E-state index is 10.0. The maximum atomic E-state index is 10.0. The molecule has 0 unspecified atom stereocenters. The van der Waals surface area contributed by atoms with E-state index < -0.39 is 12.2 Å². The molecule has 156 valence electrons. The van der Waals surface area contributed by atoms with Gasteiger partial charge in [-0.25, -0.2) is 0 Å². The first-order valence-corrected chi connectivity index (χ1v) is 11.4. The molecule has 0 aromatic rings. The van der Waals surface area contributed by atoms with Gasteiger partial charge in [0, 0.05) is 13.2 Å². The second-order valence-corrected chi connectivity index (χ2v) is 10.2. The number of aliphatic hydroxyl groups excluding tert-OH is 3. The van der Waals surface area contributed by atoms with Gasteiger partial charge in [-0.3, -0.25) is 4.90 Å². The van der Waals surface area contributed by atoms with E-state index in [1.54, 1.807) is 0 Å². The Morgan fingerprint density at radius 2 is 1.59 bits per heavy atom. The van der Waals surface area contributed by atoms with Gasteiger partial charge in [-0.15, -0.1) is 0 Å². The third kappa shape index (κ3) is 4.53. The van der Waals surface area contributed by atoms with Gasteiger partial charge in [-0.2, -0.15) is 0 Å². The highest BCUT2D eigenvalue weighted by Crippen LogP contribution is 2.60. The van der Waals surface area contributed by atoms with Crippen LogP contribution in [-0.4, -0.2) is 71.4 Å². The van der Waals surface area contributed by atoms with Gasteiger partial charge in [-0.1, -0.05) is 0 Å². The van der Waals surface area contributed by atoms with Crippen LogP contribution in [0, 0.1) is 23.2 Å². The number of ether oxygens (including phenoxy) is 1. The first kappa shape index (κ1) is 20.1. The number of hydrogen-bond acceptors (Lipinski definition) is 5. The summed E-state index contributed by atoms with van der Waals surface area (Å²) in [5, 5.41) is 29.3. The van der Waals surface area contributed by atoms with Gasteiger partial charge in [-0.05, 0) is 93.9 Å². The minimum Gasteiger partial charge on any atom is -0.395 e. The van der Waals surface area contributed by atoms with Crippen LogP contribution in [0.4, 0.5) is 0 Å². The average Bonchev–Trinajstić information content (AvgIpc) is 2.62. The Balaban J connectivity index is 1.10. The second-order valence-electron chi connectivity index (χ2n) is 10.2. The van der Waals surface area contributed by atoms with Gasteiger partial charge in [0.15, 0.2) is 0 Å². The molecular weight excluding hydrogens is 342 g/mol. The van der Waals surface area contributed by atoms with Crippen molar-refractivity contribution in [3.63, 3.8) is 0 Å². The van der Waals surface area contributed by atoms with Crippen molar-refractivity contribution in [1.82, 2.24) is 4.90 Å². The van der Waals surface area contributed by atoms with Crippen molar-refractivity contribution in [2.75, 3.05) is 32.9 Å². The number of unbranched alkanes of at least 4 members (excludes halogenated alkanes) is 2. The van der Waals surface area contributed by atoms with Crippen molar-refractivity contribution in [1.29, 1.82) is 0 Å². The van der Waals surface area contributed by atoms with E-state index in [-0.39, 0.29) is 12.6 Å². The quantitative estimate of drug-likeness (QED) is 0.534. The maximum Gasteiger partial charge on any atom is 0.0976 e. The summed E-state index contributed by atoms with van der Waals surface area (Å²) in [6.45, 7) is 3.40. The van der Waals surface area contributed by atoms with Crippen molar-refractivity contribution in [3.8, 4) is 0 Å². The molecule has 5 aliphatic rings. The van der Waals surface area contributed by atoms with E-state index in [4.69, 9.17) is 4.74 Å². The zero-order chi connectivity index (χ0) is 18.9. The normalized spacial score (nSPS) is 44.1. The van der Waals surface area contributed by atoms with Gasteiger partial charge < -0.3 is 20.1 Å². The van der Waals surface area contributed by atoms with Crippen molar-refractivity contribution in [2.24, 2.45) is 23.2 Å². The Hall–Kier alpha value is -0.200. The third-order valence-electron chi connectivity index (χ3n) is 7.96. The summed E-state index contributed by atoms with van der Waals surface area (Å²) in [5.74, 6) is 2.99. The van der Waals surface area contributed by atoms with Crippen molar-refractivity contribution in [2.45, 2.75) is 82.5 Å². The van der Waals surface area contributed by atoms with E-state index >= 15 is 0 Å². The highest BCUT2D eigenvalue weighted by atomic mass is 16.5. The van der Waals surface area contributed by atoms with E-state index in [0.717, 1.165) is 63.3 Å². The minimum atomic E-state index is -0.827. The summed E-state index contributed by atoms with van der Waals surface area (Å²) in [6, 6.07) is -0.318. The largest absolute Gasteiger partial charge is 0.395 e. The predicted molar refractivity (Wildman–Crippen MR) is 104 cm³/mol. The zero-order valence-corrected chi connectivity index (χ0v) is 16.8. The van der Waals surface area contributed by atoms with E-state index in [0.29, 0.717) is 11.8 Å². The molecule has 0 aromatic heterocycles. The number of piperidine rings is 1. The van der Waals surface area contributed by atoms with Crippen LogP contribution in [-0.2, 0) is 4.74 Å². The smallest absolute Gasteiger partial charge is 0.0976 e. The molecule has 0 amide bonds. The lowest BCUT2D eigenvalue weighted by Gasteiger charge is -2.56. The molecule has 1 aliphatic heterocycles. The van der Waals surface area contributed by atoms with Crippen LogP contribution in [0.15, 0.2) is 0 Å².